The standard InChI is InChI=1S/C25H31NO5S/c1-20(27)25(12-17-30-18-13-25)32(28,29)24-9-7-23(8-10-24)31-16-4-14-26-15-11-21-5-2-3-6-22(21)19-26/h2-3,5-10H,4,11-19H2,1H3. The number of carbonyl (C=O) groups is 1. The minimum absolute atomic E-state index is 0.161. The van der Waals surface area contributed by atoms with Gasteiger partial charge in [0.1, 0.15) is 10.5 Å². The zero-order chi connectivity index (χ0) is 22.6. The fourth-order valence-electron chi connectivity index (χ4n) is 4.67. The van der Waals surface area contributed by atoms with Gasteiger partial charge in [-0.3, -0.25) is 9.69 Å². The highest BCUT2D eigenvalue weighted by Gasteiger charge is 2.49. The van der Waals surface area contributed by atoms with E-state index in [1.54, 1.807) is 24.3 Å². The summed E-state index contributed by atoms with van der Waals surface area (Å²) < 4.78 is 36.3. The Kier molecular flexibility index (Phi) is 6.98. The number of nitrogens with zero attached hydrogens (tertiary/aromatic N) is 1. The van der Waals surface area contributed by atoms with E-state index >= 15 is 0 Å². The lowest BCUT2D eigenvalue weighted by Crippen LogP contribution is -2.49. The molecule has 0 atom stereocenters. The molecule has 0 amide bonds. The largest absolute Gasteiger partial charge is 0.494 e. The first-order valence-corrected chi connectivity index (χ1v) is 12.8. The van der Waals surface area contributed by atoms with E-state index in [-0.39, 0.29) is 36.7 Å². The summed E-state index contributed by atoms with van der Waals surface area (Å²) in [5, 5.41) is 0. The molecule has 0 saturated carbocycles. The molecule has 2 heterocycles. The number of fused-ring (bicyclic) bond motifs is 1. The van der Waals surface area contributed by atoms with Crippen LogP contribution in [-0.2, 0) is 32.3 Å². The fraction of sp³-hybridized carbons (Fsp3) is 0.480. The third-order valence-corrected chi connectivity index (χ3v) is 9.30. The molecule has 7 heteroatoms. The van der Waals surface area contributed by atoms with Crippen LogP contribution in [0, 0.1) is 0 Å². The van der Waals surface area contributed by atoms with Crippen molar-refractivity contribution in [3.05, 3.63) is 59.7 Å². The van der Waals surface area contributed by atoms with Crippen LogP contribution >= 0.6 is 0 Å². The van der Waals surface area contributed by atoms with Crippen molar-refractivity contribution in [2.75, 3.05) is 32.9 Å². The molecule has 0 unspecified atom stereocenters. The summed E-state index contributed by atoms with van der Waals surface area (Å²) in [5.74, 6) is 0.318. The van der Waals surface area contributed by atoms with E-state index in [1.165, 1.54) is 18.1 Å². The molecule has 2 aliphatic rings. The maximum atomic E-state index is 13.3. The van der Waals surface area contributed by atoms with Crippen LogP contribution in [0.2, 0.25) is 0 Å². The molecule has 0 spiro atoms. The van der Waals surface area contributed by atoms with Gasteiger partial charge in [0.05, 0.1) is 11.5 Å². The summed E-state index contributed by atoms with van der Waals surface area (Å²) in [6.07, 6.45) is 2.38. The van der Waals surface area contributed by atoms with Crippen LogP contribution in [0.3, 0.4) is 0 Å². The fourth-order valence-corrected chi connectivity index (χ4v) is 6.70. The molecule has 1 saturated heterocycles. The van der Waals surface area contributed by atoms with Crippen molar-refractivity contribution in [1.82, 2.24) is 4.90 Å². The zero-order valence-corrected chi connectivity index (χ0v) is 19.4. The monoisotopic (exact) mass is 457 g/mol. The first kappa shape index (κ1) is 23.0. The summed E-state index contributed by atoms with van der Waals surface area (Å²) in [4.78, 5) is 14.9. The van der Waals surface area contributed by atoms with Gasteiger partial charge in [-0.15, -0.1) is 0 Å². The van der Waals surface area contributed by atoms with Gasteiger partial charge in [0, 0.05) is 32.8 Å². The van der Waals surface area contributed by atoms with Crippen LogP contribution < -0.4 is 4.74 Å². The highest BCUT2D eigenvalue weighted by atomic mass is 32.2. The highest BCUT2D eigenvalue weighted by molar-refractivity contribution is 7.93. The summed E-state index contributed by atoms with van der Waals surface area (Å²) in [5.41, 5.74) is 2.85. The van der Waals surface area contributed by atoms with Crippen molar-refractivity contribution in [2.45, 2.75) is 48.8 Å². The Hall–Kier alpha value is -2.22. The predicted octanol–water partition coefficient (Wildman–Crippen LogP) is 3.43. The molecule has 2 aromatic rings. The van der Waals surface area contributed by atoms with Crippen molar-refractivity contribution >= 4 is 15.6 Å². The first-order chi connectivity index (χ1) is 15.4. The molecule has 0 aliphatic carbocycles. The summed E-state index contributed by atoms with van der Waals surface area (Å²) in [6, 6.07) is 15.1. The second-order valence-electron chi connectivity index (χ2n) is 8.63. The molecule has 0 radical (unpaired) electrons. The van der Waals surface area contributed by atoms with Crippen LogP contribution in [-0.4, -0.2) is 56.8 Å². The normalized spacial score (nSPS) is 18.7. The first-order valence-electron chi connectivity index (χ1n) is 11.3. The van der Waals surface area contributed by atoms with E-state index in [2.05, 4.69) is 29.2 Å². The Bertz CT molecular complexity index is 1040. The lowest BCUT2D eigenvalue weighted by molar-refractivity contribution is -0.121. The number of Topliss-reactive ketones (excluding diaryl/α,β-unsaturated/α-hetero) is 1. The molecule has 32 heavy (non-hydrogen) atoms. The molecule has 0 aromatic heterocycles. The third kappa shape index (κ3) is 4.60. The molecular formula is C25H31NO5S. The van der Waals surface area contributed by atoms with Gasteiger partial charge in [-0.25, -0.2) is 8.42 Å². The van der Waals surface area contributed by atoms with E-state index < -0.39 is 14.6 Å². The van der Waals surface area contributed by atoms with E-state index in [0.29, 0.717) is 12.4 Å². The number of hydrogen-bond donors (Lipinski definition) is 0. The molecular weight excluding hydrogens is 426 g/mol. The third-order valence-electron chi connectivity index (χ3n) is 6.69. The summed E-state index contributed by atoms with van der Waals surface area (Å²) in [6.45, 7) is 5.49. The summed E-state index contributed by atoms with van der Waals surface area (Å²) >= 11 is 0. The number of rotatable bonds is 8. The van der Waals surface area contributed by atoms with Crippen molar-refractivity contribution in [1.29, 1.82) is 0 Å². The van der Waals surface area contributed by atoms with E-state index in [1.807, 2.05) is 0 Å². The maximum Gasteiger partial charge on any atom is 0.191 e. The Morgan fingerprint density at radius 1 is 1.06 bits per heavy atom. The van der Waals surface area contributed by atoms with Crippen molar-refractivity contribution < 1.29 is 22.7 Å². The molecule has 4 rings (SSSR count). The number of ether oxygens (including phenoxy) is 2. The van der Waals surface area contributed by atoms with Gasteiger partial charge in [-0.2, -0.15) is 0 Å². The average Bonchev–Trinajstić information content (AvgIpc) is 2.82. The van der Waals surface area contributed by atoms with Crippen molar-refractivity contribution in [2.24, 2.45) is 0 Å². The molecule has 1 fully saturated rings. The van der Waals surface area contributed by atoms with Gasteiger partial charge in [0.15, 0.2) is 15.6 Å². The minimum Gasteiger partial charge on any atom is -0.494 e. The van der Waals surface area contributed by atoms with Gasteiger partial charge in [-0.1, -0.05) is 24.3 Å². The second kappa shape index (κ2) is 9.73. The predicted molar refractivity (Wildman–Crippen MR) is 123 cm³/mol. The minimum atomic E-state index is -3.80. The molecule has 0 N–H and O–H groups in total. The van der Waals surface area contributed by atoms with Crippen LogP contribution in [0.15, 0.2) is 53.4 Å². The molecule has 2 aromatic carbocycles. The van der Waals surface area contributed by atoms with Gasteiger partial charge < -0.3 is 9.47 Å². The smallest absolute Gasteiger partial charge is 0.191 e. The van der Waals surface area contributed by atoms with E-state index in [9.17, 15) is 13.2 Å². The Morgan fingerprint density at radius 2 is 1.75 bits per heavy atom. The number of hydrogen-bond acceptors (Lipinski definition) is 6. The van der Waals surface area contributed by atoms with Crippen LogP contribution in [0.25, 0.3) is 0 Å². The topological polar surface area (TPSA) is 72.9 Å². The molecule has 172 valence electrons. The van der Waals surface area contributed by atoms with E-state index in [0.717, 1.165) is 32.5 Å². The second-order valence-corrected chi connectivity index (χ2v) is 10.9. The highest BCUT2D eigenvalue weighted by Crippen LogP contribution is 2.36. The SMILES string of the molecule is CC(=O)C1(S(=O)(=O)c2ccc(OCCCN3CCc4ccccc4C3)cc2)CCOCC1. The molecule has 6 nitrogen and oxygen atoms in total. The van der Waals surface area contributed by atoms with Crippen molar-refractivity contribution in [3.63, 3.8) is 0 Å². The Morgan fingerprint density at radius 3 is 2.44 bits per heavy atom. The number of carbonyl (C=O) groups excluding carboxylic acids is 1. The lowest BCUT2D eigenvalue weighted by Gasteiger charge is -2.34. The number of ketones is 1. The van der Waals surface area contributed by atoms with Gasteiger partial charge >= 0.3 is 0 Å². The average molecular weight is 458 g/mol. The van der Waals surface area contributed by atoms with Crippen LogP contribution in [0.1, 0.15) is 37.3 Å². The Labute approximate surface area is 190 Å². The zero-order valence-electron chi connectivity index (χ0n) is 18.6. The van der Waals surface area contributed by atoms with E-state index in [4.69, 9.17) is 9.47 Å². The van der Waals surface area contributed by atoms with Gasteiger partial charge in [0.2, 0.25) is 0 Å². The van der Waals surface area contributed by atoms with Crippen LogP contribution in [0.5, 0.6) is 5.75 Å². The Balaban J connectivity index is 1.31. The molecule has 0 bridgehead atoms. The van der Waals surface area contributed by atoms with Gasteiger partial charge in [-0.05, 0) is 68.0 Å². The number of sulfone groups is 1. The molecule has 2 aliphatic heterocycles. The quantitative estimate of drug-likeness (QED) is 0.566. The van der Waals surface area contributed by atoms with Crippen LogP contribution in [0.4, 0.5) is 0 Å². The summed E-state index contributed by atoms with van der Waals surface area (Å²) in [7, 11) is -3.80. The maximum absolute atomic E-state index is 13.3. The van der Waals surface area contributed by atoms with Gasteiger partial charge in [0.25, 0.3) is 0 Å². The van der Waals surface area contributed by atoms with Crippen molar-refractivity contribution in [3.8, 4) is 5.75 Å². The lowest BCUT2D eigenvalue weighted by atomic mass is 9.95. The number of benzene rings is 2.